The average molecular weight is 299 g/mol. The number of carboxylic acid groups (broad SMARTS) is 1. The van der Waals surface area contributed by atoms with Gasteiger partial charge in [0.2, 0.25) is 0 Å². The summed E-state index contributed by atoms with van der Waals surface area (Å²) in [6, 6.07) is 14.6. The summed E-state index contributed by atoms with van der Waals surface area (Å²) in [5, 5.41) is 24.5. The number of aromatic carboxylic acids is 1. The first-order valence-corrected chi connectivity index (χ1v) is 6.52. The number of hydrogen-bond acceptors (Lipinski definition) is 3. The minimum absolute atomic E-state index is 0. The topological polar surface area (TPSA) is 76.1 Å². The third-order valence-electron chi connectivity index (χ3n) is 3.83. The van der Waals surface area contributed by atoms with Crippen LogP contribution < -0.4 is 34.7 Å². The Morgan fingerprint density at radius 1 is 1.00 bits per heavy atom. The largest absolute Gasteiger partial charge is 1.00 e. The van der Waals surface area contributed by atoms with Crippen molar-refractivity contribution in [2.75, 3.05) is 0 Å². The first kappa shape index (κ1) is 14.9. The maximum Gasteiger partial charge on any atom is 1.00 e. The van der Waals surface area contributed by atoms with Gasteiger partial charge in [-0.3, -0.25) is 0 Å². The van der Waals surface area contributed by atoms with Crippen LogP contribution in [0.4, 0.5) is 0 Å². The van der Waals surface area contributed by atoms with Gasteiger partial charge in [-0.25, -0.2) is 0 Å². The van der Waals surface area contributed by atoms with E-state index < -0.39 is 5.97 Å². The van der Waals surface area contributed by atoms with Gasteiger partial charge in [-0.2, -0.15) is 0 Å². The molecule has 22 heavy (non-hydrogen) atoms. The molecule has 0 amide bonds. The van der Waals surface area contributed by atoms with Gasteiger partial charge in [-0.15, -0.1) is 0 Å². The Morgan fingerprint density at radius 2 is 1.77 bits per heavy atom. The Labute approximate surface area is 147 Å². The van der Waals surface area contributed by atoms with Crippen molar-refractivity contribution in [2.24, 2.45) is 0 Å². The number of benzene rings is 3. The smallest absolute Gasteiger partial charge is 0.545 e. The molecule has 1 heterocycles. The van der Waals surface area contributed by atoms with E-state index >= 15 is 0 Å². The number of aromatic amines is 1. The molecule has 5 heteroatoms. The molecule has 0 radical (unpaired) electrons. The van der Waals surface area contributed by atoms with Crippen LogP contribution in [0.5, 0.6) is 5.75 Å². The maximum atomic E-state index is 11.0. The average Bonchev–Trinajstić information content (AvgIpc) is 2.85. The van der Waals surface area contributed by atoms with Crippen LogP contribution in [0.2, 0.25) is 0 Å². The summed E-state index contributed by atoms with van der Waals surface area (Å²) in [6.45, 7) is 0. The fraction of sp³-hybridized carbons (Fsp3) is 0. The molecule has 0 fully saturated rings. The van der Waals surface area contributed by atoms with Crippen molar-refractivity contribution < 1.29 is 44.6 Å². The molecule has 0 aliphatic carbocycles. The first-order chi connectivity index (χ1) is 10.1. The van der Waals surface area contributed by atoms with Gasteiger partial charge >= 0.3 is 29.6 Å². The van der Waals surface area contributed by atoms with E-state index in [9.17, 15) is 15.0 Å². The second-order valence-electron chi connectivity index (χ2n) is 5.04. The predicted octanol–water partition coefficient (Wildman–Crippen LogP) is -0.453. The third kappa shape index (κ3) is 2.08. The summed E-state index contributed by atoms with van der Waals surface area (Å²) < 4.78 is 0. The number of hydrogen-bond donors (Lipinski definition) is 2. The van der Waals surface area contributed by atoms with Crippen molar-refractivity contribution in [3.63, 3.8) is 0 Å². The molecule has 4 nitrogen and oxygen atoms in total. The number of H-pyrrole nitrogens is 1. The molecule has 0 saturated carbocycles. The van der Waals surface area contributed by atoms with E-state index in [1.54, 1.807) is 0 Å². The number of aromatic hydroxyl groups is 1. The number of carboxylic acids is 1. The second-order valence-corrected chi connectivity index (χ2v) is 5.04. The summed E-state index contributed by atoms with van der Waals surface area (Å²) >= 11 is 0. The number of fused-ring (bicyclic) bond motifs is 5. The van der Waals surface area contributed by atoms with Gasteiger partial charge in [0.05, 0.1) is 11.5 Å². The zero-order valence-corrected chi connectivity index (χ0v) is 13.9. The van der Waals surface area contributed by atoms with E-state index in [2.05, 4.69) is 4.98 Å². The molecule has 4 aromatic rings. The van der Waals surface area contributed by atoms with E-state index in [1.807, 2.05) is 36.4 Å². The molecule has 3 aromatic carbocycles. The molecule has 2 N–H and O–H groups in total. The molecule has 0 aliphatic heterocycles. The van der Waals surface area contributed by atoms with Crippen LogP contribution in [0.1, 0.15) is 10.4 Å². The van der Waals surface area contributed by atoms with Crippen LogP contribution in [0.3, 0.4) is 0 Å². The van der Waals surface area contributed by atoms with Crippen molar-refractivity contribution in [3.8, 4) is 5.75 Å². The fourth-order valence-corrected chi connectivity index (χ4v) is 2.85. The summed E-state index contributed by atoms with van der Waals surface area (Å²) in [6.07, 6.45) is 0. The van der Waals surface area contributed by atoms with Gasteiger partial charge < -0.3 is 20.0 Å². The molecule has 0 bridgehead atoms. The second kappa shape index (κ2) is 5.32. The van der Waals surface area contributed by atoms with Gasteiger partial charge in [0.25, 0.3) is 0 Å². The number of carbonyl (C=O) groups excluding carboxylic acids is 1. The number of rotatable bonds is 1. The zero-order valence-electron chi connectivity index (χ0n) is 11.9. The van der Waals surface area contributed by atoms with Gasteiger partial charge in [-0.05, 0) is 23.6 Å². The van der Waals surface area contributed by atoms with Crippen LogP contribution in [0.25, 0.3) is 32.6 Å². The summed E-state index contributed by atoms with van der Waals surface area (Å²) in [7, 11) is 0. The van der Waals surface area contributed by atoms with Gasteiger partial charge in [0.15, 0.2) is 0 Å². The van der Waals surface area contributed by atoms with Crippen LogP contribution in [0.15, 0.2) is 48.5 Å². The molecule has 0 saturated heterocycles. The third-order valence-corrected chi connectivity index (χ3v) is 3.83. The predicted molar refractivity (Wildman–Crippen MR) is 79.3 cm³/mol. The molecule has 0 atom stereocenters. The minimum Gasteiger partial charge on any atom is -0.545 e. The minimum atomic E-state index is -1.38. The van der Waals surface area contributed by atoms with Crippen molar-refractivity contribution in [2.45, 2.75) is 0 Å². The van der Waals surface area contributed by atoms with Crippen LogP contribution in [-0.4, -0.2) is 16.1 Å². The van der Waals surface area contributed by atoms with Gasteiger partial charge in [0, 0.05) is 27.2 Å². The van der Waals surface area contributed by atoms with E-state index in [-0.39, 0.29) is 40.9 Å². The van der Waals surface area contributed by atoms with Crippen molar-refractivity contribution >= 4 is 38.5 Å². The van der Waals surface area contributed by atoms with Crippen molar-refractivity contribution in [1.82, 2.24) is 4.98 Å². The van der Waals surface area contributed by atoms with E-state index in [1.165, 1.54) is 12.1 Å². The molecule has 1 aromatic heterocycles. The Balaban J connectivity index is 0.00000144. The molecule has 4 rings (SSSR count). The monoisotopic (exact) mass is 299 g/mol. The number of carbonyl (C=O) groups is 1. The Hall–Kier alpha value is -2.01. The number of nitrogens with one attached hydrogen (secondary N) is 1. The van der Waals surface area contributed by atoms with Crippen LogP contribution in [-0.2, 0) is 0 Å². The Kier molecular flexibility index (Phi) is 3.60. The molecule has 0 aliphatic rings. The standard InChI is InChI=1S/C17H11NO3.Na/c19-15-8-12-9(7-13(15)17(20)21)5-6-11-10-3-1-2-4-14(10)18-16(11)12;/h1-8,18-19H,(H,20,21);/q;+1/p-1. The van der Waals surface area contributed by atoms with Gasteiger partial charge in [0.1, 0.15) is 5.75 Å². The molecular formula is C17H10NNaO3. The number of aromatic nitrogens is 1. The normalized spacial score (nSPS) is 10.9. The van der Waals surface area contributed by atoms with Crippen LogP contribution in [0, 0.1) is 0 Å². The molecule has 0 unspecified atom stereocenters. The Morgan fingerprint density at radius 3 is 2.55 bits per heavy atom. The SMILES string of the molecule is O=C([O-])c1cc2ccc3c4ccccc4[nH]c3c2cc1O.[Na+]. The van der Waals surface area contributed by atoms with Crippen molar-refractivity contribution in [3.05, 3.63) is 54.1 Å². The van der Waals surface area contributed by atoms with E-state index in [4.69, 9.17) is 0 Å². The zero-order chi connectivity index (χ0) is 14.6. The Bertz CT molecular complexity index is 1040. The van der Waals surface area contributed by atoms with Crippen LogP contribution >= 0.6 is 0 Å². The quantitative estimate of drug-likeness (QED) is 0.467. The van der Waals surface area contributed by atoms with E-state index in [0.29, 0.717) is 0 Å². The molecule has 102 valence electrons. The maximum absolute atomic E-state index is 11.0. The van der Waals surface area contributed by atoms with E-state index in [0.717, 1.165) is 32.6 Å². The first-order valence-electron chi connectivity index (χ1n) is 6.52. The summed E-state index contributed by atoms with van der Waals surface area (Å²) in [5.74, 6) is -1.67. The molecular weight excluding hydrogens is 289 g/mol. The fourth-order valence-electron chi connectivity index (χ4n) is 2.85. The van der Waals surface area contributed by atoms with Gasteiger partial charge in [-0.1, -0.05) is 30.3 Å². The number of phenols is 1. The molecule has 0 spiro atoms. The summed E-state index contributed by atoms with van der Waals surface area (Å²) in [4.78, 5) is 14.3. The number of para-hydroxylation sites is 1. The summed E-state index contributed by atoms with van der Waals surface area (Å²) in [5.41, 5.74) is 1.69. The van der Waals surface area contributed by atoms with Crippen molar-refractivity contribution in [1.29, 1.82) is 0 Å².